The molecule has 0 fully saturated rings. The maximum Gasteiger partial charge on any atom is 0.286 e. The Hall–Kier alpha value is -2.30. The van der Waals surface area contributed by atoms with Gasteiger partial charge >= 0.3 is 0 Å². The van der Waals surface area contributed by atoms with E-state index in [9.17, 15) is 18.9 Å². The Kier molecular flexibility index (Phi) is 3.30. The van der Waals surface area contributed by atoms with Crippen LogP contribution < -0.4 is 4.74 Å². The number of alkyl halides is 2. The summed E-state index contributed by atoms with van der Waals surface area (Å²) < 4.78 is 29.6. The van der Waals surface area contributed by atoms with E-state index in [1.807, 2.05) is 0 Å². The van der Waals surface area contributed by atoms with Crippen LogP contribution in [0.4, 0.5) is 14.5 Å². The van der Waals surface area contributed by atoms with E-state index < -0.39 is 28.3 Å². The fourth-order valence-corrected chi connectivity index (χ4v) is 1.07. The molecule has 0 unspecified atom stereocenters. The molecule has 0 spiro atoms. The Bertz CT molecular complexity index is 470. The van der Waals surface area contributed by atoms with Gasteiger partial charge in [0.25, 0.3) is 12.1 Å². The number of nitrogens with zero attached hydrogens (tertiary/aromatic N) is 3. The molecule has 0 amide bonds. The summed E-state index contributed by atoms with van der Waals surface area (Å²) in [7, 11) is 1.16. The second-order valence-electron chi connectivity index (χ2n) is 2.62. The number of ether oxygens (including phenoxy) is 1. The average Bonchev–Trinajstić information content (AvgIpc) is 2.26. The van der Waals surface area contributed by atoms with E-state index in [2.05, 4.69) is 9.72 Å². The second kappa shape index (κ2) is 4.48. The number of aromatic nitrogens is 1. The van der Waals surface area contributed by atoms with Crippen molar-refractivity contribution in [2.45, 2.75) is 6.43 Å². The van der Waals surface area contributed by atoms with E-state index in [0.717, 1.165) is 13.2 Å². The molecule has 84 valence electrons. The van der Waals surface area contributed by atoms with Crippen LogP contribution in [0.1, 0.15) is 17.7 Å². The Labute approximate surface area is 88.2 Å². The van der Waals surface area contributed by atoms with Crippen LogP contribution in [0.5, 0.6) is 5.88 Å². The zero-order chi connectivity index (χ0) is 12.3. The predicted molar refractivity (Wildman–Crippen MR) is 47.1 cm³/mol. The first-order valence-corrected chi connectivity index (χ1v) is 3.92. The van der Waals surface area contributed by atoms with Crippen molar-refractivity contribution in [2.24, 2.45) is 0 Å². The molecule has 0 saturated carbocycles. The van der Waals surface area contributed by atoms with Gasteiger partial charge in [0, 0.05) is 0 Å². The SMILES string of the molecule is COc1cc([N+](=O)[O-])c(C(F)F)c(C#N)n1. The highest BCUT2D eigenvalue weighted by atomic mass is 19.3. The highest BCUT2D eigenvalue weighted by Gasteiger charge is 2.28. The normalized spacial score (nSPS) is 9.94. The Morgan fingerprint density at radius 3 is 2.69 bits per heavy atom. The lowest BCUT2D eigenvalue weighted by atomic mass is 10.1. The van der Waals surface area contributed by atoms with Crippen LogP contribution in [0, 0.1) is 21.4 Å². The molecule has 6 nitrogen and oxygen atoms in total. The standard InChI is InChI=1S/C8H5F2N3O3/c1-16-6-2-5(13(14)15)7(8(9)10)4(3-11)12-6/h2,8H,1H3. The lowest BCUT2D eigenvalue weighted by Crippen LogP contribution is -2.03. The van der Waals surface area contributed by atoms with Crippen molar-refractivity contribution in [3.8, 4) is 11.9 Å². The van der Waals surface area contributed by atoms with Gasteiger partial charge in [-0.15, -0.1) is 0 Å². The van der Waals surface area contributed by atoms with Crippen LogP contribution in [0.25, 0.3) is 0 Å². The largest absolute Gasteiger partial charge is 0.481 e. The molecule has 0 aromatic carbocycles. The minimum absolute atomic E-state index is 0.257. The molecule has 1 aromatic heterocycles. The van der Waals surface area contributed by atoms with Crippen molar-refractivity contribution in [3.05, 3.63) is 27.4 Å². The van der Waals surface area contributed by atoms with Gasteiger partial charge < -0.3 is 4.74 Å². The van der Waals surface area contributed by atoms with Crippen LogP contribution in [0.3, 0.4) is 0 Å². The third-order valence-corrected chi connectivity index (χ3v) is 1.74. The molecule has 0 aliphatic rings. The zero-order valence-electron chi connectivity index (χ0n) is 7.98. The van der Waals surface area contributed by atoms with Crippen LogP contribution in [-0.4, -0.2) is 17.0 Å². The van der Waals surface area contributed by atoms with Crippen molar-refractivity contribution in [1.82, 2.24) is 4.98 Å². The van der Waals surface area contributed by atoms with Crippen molar-refractivity contribution >= 4 is 5.69 Å². The Morgan fingerprint density at radius 2 is 2.31 bits per heavy atom. The van der Waals surface area contributed by atoms with Gasteiger partial charge in [-0.3, -0.25) is 10.1 Å². The molecule has 0 saturated heterocycles. The van der Waals surface area contributed by atoms with Crippen molar-refractivity contribution < 1.29 is 18.4 Å². The summed E-state index contributed by atoms with van der Waals surface area (Å²) in [6.45, 7) is 0. The molecule has 1 aromatic rings. The maximum atomic E-state index is 12.5. The summed E-state index contributed by atoms with van der Waals surface area (Å²) in [5.74, 6) is -0.257. The second-order valence-corrected chi connectivity index (χ2v) is 2.62. The number of methoxy groups -OCH3 is 1. The molecule has 0 aliphatic heterocycles. The predicted octanol–water partition coefficient (Wildman–Crippen LogP) is 1.81. The molecular weight excluding hydrogens is 224 g/mol. The zero-order valence-corrected chi connectivity index (χ0v) is 7.98. The minimum atomic E-state index is -3.14. The van der Waals surface area contributed by atoms with Crippen LogP contribution >= 0.6 is 0 Å². The fraction of sp³-hybridized carbons (Fsp3) is 0.250. The quantitative estimate of drug-likeness (QED) is 0.582. The van der Waals surface area contributed by atoms with Crippen molar-refractivity contribution in [2.75, 3.05) is 7.11 Å². The number of nitriles is 1. The monoisotopic (exact) mass is 229 g/mol. The highest BCUT2D eigenvalue weighted by Crippen LogP contribution is 2.33. The third kappa shape index (κ3) is 2.03. The highest BCUT2D eigenvalue weighted by molar-refractivity contribution is 5.50. The summed E-state index contributed by atoms with van der Waals surface area (Å²) in [6.07, 6.45) is -3.14. The molecule has 0 aliphatic carbocycles. The van der Waals surface area contributed by atoms with Crippen LogP contribution in [0.2, 0.25) is 0 Å². The molecule has 1 heterocycles. The number of pyridine rings is 1. The number of halogens is 2. The lowest BCUT2D eigenvalue weighted by molar-refractivity contribution is -0.386. The van der Waals surface area contributed by atoms with Gasteiger partial charge in [-0.25, -0.2) is 13.8 Å². The van der Waals surface area contributed by atoms with Gasteiger partial charge in [-0.05, 0) is 0 Å². The molecule has 0 bridgehead atoms. The summed E-state index contributed by atoms with van der Waals surface area (Å²) >= 11 is 0. The molecule has 16 heavy (non-hydrogen) atoms. The van der Waals surface area contributed by atoms with Gasteiger partial charge in [0.1, 0.15) is 11.6 Å². The van der Waals surface area contributed by atoms with E-state index in [1.54, 1.807) is 0 Å². The molecule has 1 rings (SSSR count). The van der Waals surface area contributed by atoms with Gasteiger partial charge in [-0.2, -0.15) is 5.26 Å². The van der Waals surface area contributed by atoms with E-state index in [0.29, 0.717) is 0 Å². The summed E-state index contributed by atoms with van der Waals surface area (Å²) in [5, 5.41) is 19.1. The molecule has 8 heteroatoms. The Morgan fingerprint density at radius 1 is 1.69 bits per heavy atom. The smallest absolute Gasteiger partial charge is 0.286 e. The first-order chi connectivity index (χ1) is 7.51. The molecular formula is C8H5F2N3O3. The number of nitro groups is 1. The Balaban J connectivity index is 3.55. The van der Waals surface area contributed by atoms with Gasteiger partial charge in [0.05, 0.1) is 18.1 Å². The first kappa shape index (κ1) is 11.8. The van der Waals surface area contributed by atoms with Gasteiger partial charge in [0.15, 0.2) is 5.69 Å². The van der Waals surface area contributed by atoms with Gasteiger partial charge in [-0.1, -0.05) is 0 Å². The third-order valence-electron chi connectivity index (χ3n) is 1.74. The summed E-state index contributed by atoms with van der Waals surface area (Å²) in [6, 6.07) is 2.12. The number of rotatable bonds is 3. The molecule has 0 radical (unpaired) electrons. The van der Waals surface area contributed by atoms with Crippen molar-refractivity contribution in [3.63, 3.8) is 0 Å². The van der Waals surface area contributed by atoms with Gasteiger partial charge in [0.2, 0.25) is 5.88 Å². The van der Waals surface area contributed by atoms with Crippen molar-refractivity contribution in [1.29, 1.82) is 5.26 Å². The minimum Gasteiger partial charge on any atom is -0.481 e. The number of hydrogen-bond donors (Lipinski definition) is 0. The lowest BCUT2D eigenvalue weighted by Gasteiger charge is -2.05. The maximum absolute atomic E-state index is 12.5. The molecule has 0 atom stereocenters. The average molecular weight is 229 g/mol. The van der Waals surface area contributed by atoms with Crippen LogP contribution in [-0.2, 0) is 0 Å². The summed E-state index contributed by atoms with van der Waals surface area (Å²) in [4.78, 5) is 12.9. The van der Waals surface area contributed by atoms with E-state index in [-0.39, 0.29) is 5.88 Å². The van der Waals surface area contributed by atoms with Crippen LogP contribution in [0.15, 0.2) is 6.07 Å². The topological polar surface area (TPSA) is 89.0 Å². The molecule has 0 N–H and O–H groups in total. The first-order valence-electron chi connectivity index (χ1n) is 3.92. The number of hydrogen-bond acceptors (Lipinski definition) is 5. The van der Waals surface area contributed by atoms with E-state index in [4.69, 9.17) is 5.26 Å². The fourth-order valence-electron chi connectivity index (χ4n) is 1.07. The van der Waals surface area contributed by atoms with E-state index >= 15 is 0 Å². The van der Waals surface area contributed by atoms with E-state index in [1.165, 1.54) is 6.07 Å². The summed E-state index contributed by atoms with van der Waals surface area (Å²) in [5.41, 5.74) is -2.58.